The van der Waals surface area contributed by atoms with Crippen LogP contribution in [-0.2, 0) is 9.59 Å². The average Bonchev–Trinajstić information content (AvgIpc) is 2.90. The van der Waals surface area contributed by atoms with E-state index in [1.54, 1.807) is 6.92 Å². The Morgan fingerprint density at radius 2 is 2.24 bits per heavy atom. The Balaban J connectivity index is 2.07. The Hall–Kier alpha value is -1.63. The molecule has 0 aromatic heterocycles. The molecule has 2 atom stereocenters. The maximum atomic E-state index is 13.0. The SMILES string of the molecule is CC(Oc1ccc(F)cc1Br)C(=O)N1CCCC1C(=O)O. The van der Waals surface area contributed by atoms with Gasteiger partial charge in [0.25, 0.3) is 5.91 Å². The number of benzene rings is 1. The molecule has 1 aromatic rings. The highest BCUT2D eigenvalue weighted by molar-refractivity contribution is 9.10. The van der Waals surface area contributed by atoms with Crippen molar-refractivity contribution in [1.82, 2.24) is 4.90 Å². The van der Waals surface area contributed by atoms with Crippen LogP contribution >= 0.6 is 15.9 Å². The van der Waals surface area contributed by atoms with Crippen molar-refractivity contribution in [2.45, 2.75) is 31.9 Å². The molecule has 7 heteroatoms. The van der Waals surface area contributed by atoms with Crippen LogP contribution in [0.25, 0.3) is 0 Å². The van der Waals surface area contributed by atoms with Crippen molar-refractivity contribution in [2.75, 3.05) is 6.54 Å². The van der Waals surface area contributed by atoms with Crippen LogP contribution in [0.15, 0.2) is 22.7 Å². The lowest BCUT2D eigenvalue weighted by Crippen LogP contribution is -2.46. The minimum Gasteiger partial charge on any atom is -0.480 e. The molecule has 21 heavy (non-hydrogen) atoms. The molecule has 2 unspecified atom stereocenters. The van der Waals surface area contributed by atoms with Gasteiger partial charge >= 0.3 is 5.97 Å². The molecule has 114 valence electrons. The third-order valence-electron chi connectivity index (χ3n) is 3.37. The zero-order chi connectivity index (χ0) is 15.6. The molecule has 1 N–H and O–H groups in total. The van der Waals surface area contributed by atoms with E-state index in [0.717, 1.165) is 0 Å². The van der Waals surface area contributed by atoms with E-state index in [9.17, 15) is 14.0 Å². The van der Waals surface area contributed by atoms with Crippen LogP contribution in [-0.4, -0.2) is 40.6 Å². The summed E-state index contributed by atoms with van der Waals surface area (Å²) in [5.74, 6) is -1.46. The summed E-state index contributed by atoms with van der Waals surface area (Å²) in [5.41, 5.74) is 0. The molecular formula is C14H15BrFNO4. The van der Waals surface area contributed by atoms with Crippen LogP contribution in [0.5, 0.6) is 5.75 Å². The number of carbonyl (C=O) groups is 2. The fourth-order valence-electron chi connectivity index (χ4n) is 2.33. The van der Waals surface area contributed by atoms with Gasteiger partial charge in [-0.25, -0.2) is 9.18 Å². The molecule has 1 aromatic carbocycles. The Kier molecular flexibility index (Phi) is 4.82. The van der Waals surface area contributed by atoms with E-state index >= 15 is 0 Å². The van der Waals surface area contributed by atoms with E-state index in [1.807, 2.05) is 0 Å². The molecule has 0 aliphatic carbocycles. The van der Waals surface area contributed by atoms with E-state index in [-0.39, 0.29) is 5.91 Å². The number of ether oxygens (including phenoxy) is 1. The minimum absolute atomic E-state index is 0.336. The van der Waals surface area contributed by atoms with Crippen molar-refractivity contribution < 1.29 is 23.8 Å². The van der Waals surface area contributed by atoms with Gasteiger partial charge in [-0.05, 0) is 53.9 Å². The van der Waals surface area contributed by atoms with Gasteiger partial charge in [0.2, 0.25) is 0 Å². The van der Waals surface area contributed by atoms with Crippen molar-refractivity contribution >= 4 is 27.8 Å². The van der Waals surface area contributed by atoms with Gasteiger partial charge in [0, 0.05) is 6.54 Å². The first-order valence-electron chi connectivity index (χ1n) is 6.55. The summed E-state index contributed by atoms with van der Waals surface area (Å²) in [5, 5.41) is 9.09. The monoisotopic (exact) mass is 359 g/mol. The van der Waals surface area contributed by atoms with Gasteiger partial charge in [-0.15, -0.1) is 0 Å². The second-order valence-electron chi connectivity index (χ2n) is 4.86. The third-order valence-corrected chi connectivity index (χ3v) is 3.99. The number of halogens is 2. The predicted molar refractivity (Wildman–Crippen MR) is 76.6 cm³/mol. The van der Waals surface area contributed by atoms with Crippen LogP contribution in [0, 0.1) is 5.82 Å². The Morgan fingerprint density at radius 1 is 1.52 bits per heavy atom. The number of likely N-dealkylation sites (tertiary alicyclic amines) is 1. The summed E-state index contributed by atoms with van der Waals surface area (Å²) in [6, 6.07) is 3.09. The maximum Gasteiger partial charge on any atom is 0.326 e. The first kappa shape index (κ1) is 15.8. The predicted octanol–water partition coefficient (Wildman–Crippen LogP) is 2.43. The average molecular weight is 360 g/mol. The first-order chi connectivity index (χ1) is 9.90. The van der Waals surface area contributed by atoms with Crippen LogP contribution in [0.1, 0.15) is 19.8 Å². The number of carbonyl (C=O) groups excluding carboxylic acids is 1. The molecule has 0 radical (unpaired) electrons. The van der Waals surface area contributed by atoms with E-state index in [0.29, 0.717) is 29.6 Å². The normalized spacial score (nSPS) is 19.4. The lowest BCUT2D eigenvalue weighted by molar-refractivity contribution is -0.150. The van der Waals surface area contributed by atoms with E-state index in [2.05, 4.69) is 15.9 Å². The van der Waals surface area contributed by atoms with Gasteiger partial charge in [0.05, 0.1) is 4.47 Å². The summed E-state index contributed by atoms with van der Waals surface area (Å²) in [6.07, 6.45) is 0.274. The molecule has 1 saturated heterocycles. The second kappa shape index (κ2) is 6.43. The number of carboxylic acid groups (broad SMARTS) is 1. The minimum atomic E-state index is -1.00. The molecule has 0 spiro atoms. The van der Waals surface area contributed by atoms with Crippen molar-refractivity contribution in [3.05, 3.63) is 28.5 Å². The molecule has 2 rings (SSSR count). The highest BCUT2D eigenvalue weighted by Crippen LogP contribution is 2.27. The first-order valence-corrected chi connectivity index (χ1v) is 7.34. The summed E-state index contributed by atoms with van der Waals surface area (Å²) in [7, 11) is 0. The smallest absolute Gasteiger partial charge is 0.326 e. The third kappa shape index (κ3) is 3.53. The molecule has 0 bridgehead atoms. The zero-order valence-corrected chi connectivity index (χ0v) is 13.0. The Labute approximate surface area is 129 Å². The van der Waals surface area contributed by atoms with E-state index in [4.69, 9.17) is 9.84 Å². The van der Waals surface area contributed by atoms with E-state index < -0.39 is 23.9 Å². The lowest BCUT2D eigenvalue weighted by atomic mass is 10.2. The number of hydrogen-bond donors (Lipinski definition) is 1. The Bertz CT molecular complexity index is 566. The summed E-state index contributed by atoms with van der Waals surface area (Å²) in [6.45, 7) is 1.96. The highest BCUT2D eigenvalue weighted by Gasteiger charge is 2.36. The van der Waals surface area contributed by atoms with Gasteiger partial charge in [0.1, 0.15) is 17.6 Å². The molecule has 1 aliphatic rings. The lowest BCUT2D eigenvalue weighted by Gasteiger charge is -2.25. The number of carboxylic acids is 1. The van der Waals surface area contributed by atoms with Gasteiger partial charge in [0.15, 0.2) is 6.10 Å². The summed E-state index contributed by atoms with van der Waals surface area (Å²) >= 11 is 3.16. The molecule has 1 amide bonds. The fourth-order valence-corrected chi connectivity index (χ4v) is 2.78. The highest BCUT2D eigenvalue weighted by atomic mass is 79.9. The summed E-state index contributed by atoms with van der Waals surface area (Å²) in [4.78, 5) is 24.7. The molecule has 1 fully saturated rings. The standard InChI is InChI=1S/C14H15BrFNO4/c1-8(21-12-5-4-9(16)7-10(12)15)13(18)17-6-2-3-11(17)14(19)20/h4-5,7-8,11H,2-3,6H2,1H3,(H,19,20). The van der Waals surface area contributed by atoms with E-state index in [1.165, 1.54) is 23.1 Å². The number of aliphatic carboxylic acids is 1. The van der Waals surface area contributed by atoms with Crippen LogP contribution in [0.4, 0.5) is 4.39 Å². The number of nitrogens with zero attached hydrogens (tertiary/aromatic N) is 1. The molecule has 1 heterocycles. The van der Waals surface area contributed by atoms with Gasteiger partial charge in [-0.2, -0.15) is 0 Å². The number of hydrogen-bond acceptors (Lipinski definition) is 3. The molecule has 1 aliphatic heterocycles. The van der Waals surface area contributed by atoms with Gasteiger partial charge < -0.3 is 14.7 Å². The molecule has 5 nitrogen and oxygen atoms in total. The zero-order valence-electron chi connectivity index (χ0n) is 11.4. The second-order valence-corrected chi connectivity index (χ2v) is 5.72. The number of rotatable bonds is 4. The van der Waals surface area contributed by atoms with Crippen LogP contribution in [0.2, 0.25) is 0 Å². The molecular weight excluding hydrogens is 345 g/mol. The number of amides is 1. The van der Waals surface area contributed by atoms with Crippen LogP contribution < -0.4 is 4.74 Å². The van der Waals surface area contributed by atoms with Crippen molar-refractivity contribution in [3.8, 4) is 5.75 Å². The topological polar surface area (TPSA) is 66.8 Å². The van der Waals surface area contributed by atoms with Crippen molar-refractivity contribution in [2.24, 2.45) is 0 Å². The molecule has 0 saturated carbocycles. The summed E-state index contributed by atoms with van der Waals surface area (Å²) < 4.78 is 18.9. The largest absolute Gasteiger partial charge is 0.480 e. The van der Waals surface area contributed by atoms with Crippen LogP contribution in [0.3, 0.4) is 0 Å². The maximum absolute atomic E-state index is 13.0. The van der Waals surface area contributed by atoms with Crippen molar-refractivity contribution in [3.63, 3.8) is 0 Å². The van der Waals surface area contributed by atoms with Gasteiger partial charge in [-0.1, -0.05) is 0 Å². The Morgan fingerprint density at radius 3 is 2.86 bits per heavy atom. The van der Waals surface area contributed by atoms with Gasteiger partial charge in [-0.3, -0.25) is 4.79 Å². The van der Waals surface area contributed by atoms with Crippen molar-refractivity contribution in [1.29, 1.82) is 0 Å². The fraction of sp³-hybridized carbons (Fsp3) is 0.429. The quantitative estimate of drug-likeness (QED) is 0.896.